The fraction of sp³-hybridized carbons (Fsp3) is 0.538. The Bertz CT molecular complexity index is 302. The molecule has 3 heteroatoms. The minimum absolute atomic E-state index is 0.465. The highest BCUT2D eigenvalue weighted by Gasteiger charge is 2.05. The summed E-state index contributed by atoms with van der Waals surface area (Å²) in [6.45, 7) is 5.47. The Morgan fingerprint density at radius 2 is 2.12 bits per heavy atom. The van der Waals surface area contributed by atoms with Crippen molar-refractivity contribution in [1.82, 2.24) is 0 Å². The van der Waals surface area contributed by atoms with Crippen LogP contribution in [0, 0.1) is 0 Å². The van der Waals surface area contributed by atoms with E-state index in [9.17, 15) is 0 Å². The SMILES string of the molecule is CCCC(C)Nc1ccccc1OCCN. The van der Waals surface area contributed by atoms with Crippen LogP contribution in [0.3, 0.4) is 0 Å². The molecule has 3 N–H and O–H groups in total. The second-order valence-corrected chi connectivity index (χ2v) is 3.97. The molecule has 0 aliphatic rings. The fourth-order valence-electron chi connectivity index (χ4n) is 1.65. The summed E-state index contributed by atoms with van der Waals surface area (Å²) < 4.78 is 5.58. The van der Waals surface area contributed by atoms with Crippen LogP contribution in [0.2, 0.25) is 0 Å². The van der Waals surface area contributed by atoms with Crippen LogP contribution >= 0.6 is 0 Å². The van der Waals surface area contributed by atoms with E-state index >= 15 is 0 Å². The van der Waals surface area contributed by atoms with Crippen LogP contribution in [0.5, 0.6) is 5.75 Å². The maximum atomic E-state index is 5.58. The Labute approximate surface area is 98.0 Å². The van der Waals surface area contributed by atoms with Gasteiger partial charge < -0.3 is 15.8 Å². The molecule has 0 amide bonds. The summed E-state index contributed by atoms with van der Waals surface area (Å²) in [6.07, 6.45) is 2.34. The van der Waals surface area contributed by atoms with Gasteiger partial charge in [0.2, 0.25) is 0 Å². The quantitative estimate of drug-likeness (QED) is 0.745. The van der Waals surface area contributed by atoms with Crippen molar-refractivity contribution >= 4 is 5.69 Å². The molecule has 0 heterocycles. The first-order valence-electron chi connectivity index (χ1n) is 5.96. The fourth-order valence-corrected chi connectivity index (χ4v) is 1.65. The Morgan fingerprint density at radius 3 is 2.81 bits per heavy atom. The minimum atomic E-state index is 0.465. The van der Waals surface area contributed by atoms with E-state index in [2.05, 4.69) is 19.2 Å². The van der Waals surface area contributed by atoms with Crippen LogP contribution in [0.1, 0.15) is 26.7 Å². The summed E-state index contributed by atoms with van der Waals surface area (Å²) in [5.74, 6) is 0.885. The predicted octanol–water partition coefficient (Wildman–Crippen LogP) is 2.62. The molecular formula is C13H22N2O. The zero-order valence-electron chi connectivity index (χ0n) is 10.2. The van der Waals surface area contributed by atoms with Gasteiger partial charge in [-0.05, 0) is 25.5 Å². The number of nitrogens with two attached hydrogens (primary N) is 1. The predicted molar refractivity (Wildman–Crippen MR) is 69.0 cm³/mol. The molecule has 1 rings (SSSR count). The highest BCUT2D eigenvalue weighted by molar-refractivity contribution is 5.56. The first-order valence-corrected chi connectivity index (χ1v) is 5.96. The maximum absolute atomic E-state index is 5.58. The van der Waals surface area contributed by atoms with E-state index in [1.165, 1.54) is 6.42 Å². The van der Waals surface area contributed by atoms with Crippen molar-refractivity contribution < 1.29 is 4.74 Å². The van der Waals surface area contributed by atoms with Crippen LogP contribution in [0.25, 0.3) is 0 Å². The van der Waals surface area contributed by atoms with Gasteiger partial charge in [-0.25, -0.2) is 0 Å². The normalized spacial score (nSPS) is 12.2. The molecule has 1 unspecified atom stereocenters. The van der Waals surface area contributed by atoms with Crippen molar-refractivity contribution in [3.63, 3.8) is 0 Å². The zero-order chi connectivity index (χ0) is 11.8. The topological polar surface area (TPSA) is 47.3 Å². The van der Waals surface area contributed by atoms with Crippen molar-refractivity contribution in [3.05, 3.63) is 24.3 Å². The number of hydrogen-bond donors (Lipinski definition) is 2. The molecule has 0 fully saturated rings. The molecule has 0 aromatic heterocycles. The highest BCUT2D eigenvalue weighted by Crippen LogP contribution is 2.24. The maximum Gasteiger partial charge on any atom is 0.142 e. The van der Waals surface area contributed by atoms with Gasteiger partial charge in [0, 0.05) is 12.6 Å². The molecule has 0 aliphatic carbocycles. The zero-order valence-corrected chi connectivity index (χ0v) is 10.2. The van der Waals surface area contributed by atoms with Crippen molar-refractivity contribution in [3.8, 4) is 5.75 Å². The van der Waals surface area contributed by atoms with E-state index in [1.807, 2.05) is 24.3 Å². The molecule has 0 saturated heterocycles. The summed E-state index contributed by atoms with van der Waals surface area (Å²) in [5, 5.41) is 3.45. The van der Waals surface area contributed by atoms with Gasteiger partial charge in [-0.2, -0.15) is 0 Å². The first kappa shape index (κ1) is 12.8. The Balaban J connectivity index is 2.62. The number of rotatable bonds is 7. The number of benzene rings is 1. The lowest BCUT2D eigenvalue weighted by Crippen LogP contribution is -2.16. The van der Waals surface area contributed by atoms with Gasteiger partial charge in [-0.3, -0.25) is 0 Å². The van der Waals surface area contributed by atoms with Crippen molar-refractivity contribution in [2.24, 2.45) is 5.73 Å². The van der Waals surface area contributed by atoms with Crippen LogP contribution < -0.4 is 15.8 Å². The van der Waals surface area contributed by atoms with Gasteiger partial charge >= 0.3 is 0 Å². The summed E-state index contributed by atoms with van der Waals surface area (Å²) in [6, 6.07) is 8.46. The van der Waals surface area contributed by atoms with Gasteiger partial charge in [-0.1, -0.05) is 25.5 Å². The Hall–Kier alpha value is -1.22. The molecule has 0 aliphatic heterocycles. The van der Waals surface area contributed by atoms with Gasteiger partial charge in [0.25, 0.3) is 0 Å². The molecule has 0 saturated carbocycles. The third-order valence-corrected chi connectivity index (χ3v) is 2.39. The Kier molecular flexibility index (Phi) is 5.72. The average Bonchev–Trinajstić information content (AvgIpc) is 2.28. The largest absolute Gasteiger partial charge is 0.490 e. The number of nitrogens with one attached hydrogen (secondary N) is 1. The van der Waals surface area contributed by atoms with Gasteiger partial charge in [-0.15, -0.1) is 0 Å². The number of ether oxygens (including phenoxy) is 1. The van der Waals surface area contributed by atoms with E-state index in [4.69, 9.17) is 10.5 Å². The van der Waals surface area contributed by atoms with Crippen LogP contribution in [-0.4, -0.2) is 19.2 Å². The van der Waals surface area contributed by atoms with Crippen molar-refractivity contribution in [2.75, 3.05) is 18.5 Å². The lowest BCUT2D eigenvalue weighted by molar-refractivity contribution is 0.329. The number of hydrogen-bond acceptors (Lipinski definition) is 3. The van der Waals surface area contributed by atoms with E-state index in [0.29, 0.717) is 19.2 Å². The molecule has 1 atom stereocenters. The van der Waals surface area contributed by atoms with E-state index in [0.717, 1.165) is 17.9 Å². The summed E-state index contributed by atoms with van der Waals surface area (Å²) in [4.78, 5) is 0. The first-order chi connectivity index (χ1) is 7.77. The minimum Gasteiger partial charge on any atom is -0.490 e. The van der Waals surface area contributed by atoms with Crippen molar-refractivity contribution in [2.45, 2.75) is 32.7 Å². The summed E-state index contributed by atoms with van der Waals surface area (Å²) in [5.41, 5.74) is 6.48. The van der Waals surface area contributed by atoms with Gasteiger partial charge in [0.05, 0.1) is 5.69 Å². The molecule has 90 valence electrons. The van der Waals surface area contributed by atoms with E-state index in [1.54, 1.807) is 0 Å². The van der Waals surface area contributed by atoms with Gasteiger partial charge in [0.15, 0.2) is 0 Å². The molecular weight excluding hydrogens is 200 g/mol. The molecule has 0 spiro atoms. The van der Waals surface area contributed by atoms with Crippen molar-refractivity contribution in [1.29, 1.82) is 0 Å². The second-order valence-electron chi connectivity index (χ2n) is 3.97. The molecule has 0 radical (unpaired) electrons. The average molecular weight is 222 g/mol. The molecule has 1 aromatic rings. The Morgan fingerprint density at radius 1 is 1.38 bits per heavy atom. The van der Waals surface area contributed by atoms with Crippen LogP contribution in [0.15, 0.2) is 24.3 Å². The monoisotopic (exact) mass is 222 g/mol. The lowest BCUT2D eigenvalue weighted by atomic mass is 10.2. The molecule has 3 nitrogen and oxygen atoms in total. The summed E-state index contributed by atoms with van der Waals surface area (Å²) in [7, 11) is 0. The highest BCUT2D eigenvalue weighted by atomic mass is 16.5. The third kappa shape index (κ3) is 4.11. The molecule has 16 heavy (non-hydrogen) atoms. The van der Waals surface area contributed by atoms with Crippen LogP contribution in [0.4, 0.5) is 5.69 Å². The second kappa shape index (κ2) is 7.12. The van der Waals surface area contributed by atoms with Crippen LogP contribution in [-0.2, 0) is 0 Å². The lowest BCUT2D eigenvalue weighted by Gasteiger charge is -2.17. The number of anilines is 1. The third-order valence-electron chi connectivity index (χ3n) is 2.39. The van der Waals surface area contributed by atoms with E-state index in [-0.39, 0.29) is 0 Å². The smallest absolute Gasteiger partial charge is 0.142 e. The molecule has 1 aromatic carbocycles. The van der Waals surface area contributed by atoms with E-state index < -0.39 is 0 Å². The molecule has 0 bridgehead atoms. The van der Waals surface area contributed by atoms with Gasteiger partial charge in [0.1, 0.15) is 12.4 Å². The number of para-hydroxylation sites is 2. The standard InChI is InChI=1S/C13H22N2O/c1-3-6-11(2)15-12-7-4-5-8-13(12)16-10-9-14/h4-5,7-8,11,15H,3,6,9-10,14H2,1-2H3. The summed E-state index contributed by atoms with van der Waals surface area (Å²) >= 11 is 0.